The molecule has 0 atom stereocenters. The van der Waals surface area contributed by atoms with Gasteiger partial charge in [-0.25, -0.2) is 0 Å². The van der Waals surface area contributed by atoms with Crippen LogP contribution in [0.3, 0.4) is 0 Å². The fourth-order valence-electron chi connectivity index (χ4n) is 3.04. The Balaban J connectivity index is 2.04. The van der Waals surface area contributed by atoms with Gasteiger partial charge in [0, 0.05) is 23.1 Å². The minimum absolute atomic E-state index is 0.319. The van der Waals surface area contributed by atoms with E-state index in [9.17, 15) is 0 Å². The van der Waals surface area contributed by atoms with Crippen molar-refractivity contribution in [3.05, 3.63) is 58.6 Å². The maximum absolute atomic E-state index is 6.34. The number of benzene rings is 2. The number of terminal acetylenes is 1. The maximum Gasteiger partial charge on any atom is 0.163 e. The third kappa shape index (κ3) is 4.06. The predicted octanol–water partition coefficient (Wildman–Crippen LogP) is 6.23. The second-order valence-corrected chi connectivity index (χ2v) is 8.05. The Morgan fingerprint density at radius 3 is 2.65 bits per heavy atom. The van der Waals surface area contributed by atoms with Crippen molar-refractivity contribution in [3.8, 4) is 23.8 Å². The molecule has 26 heavy (non-hydrogen) atoms. The molecule has 0 bridgehead atoms. The zero-order chi connectivity index (χ0) is 18.9. The molecule has 0 fully saturated rings. The van der Waals surface area contributed by atoms with E-state index >= 15 is 0 Å². The monoisotopic (exact) mass is 366 g/mol. The molecule has 1 aliphatic heterocycles. The highest BCUT2D eigenvalue weighted by atomic mass is 35.5. The zero-order valence-electron chi connectivity index (χ0n) is 15.6. The van der Waals surface area contributed by atoms with E-state index in [0.29, 0.717) is 5.75 Å². The Bertz CT molecular complexity index is 901. The van der Waals surface area contributed by atoms with Gasteiger partial charge in [-0.05, 0) is 63.1 Å². The smallest absolute Gasteiger partial charge is 0.163 e. The molecule has 2 aromatic rings. The highest BCUT2D eigenvalue weighted by Crippen LogP contribution is 2.43. The van der Waals surface area contributed by atoms with Gasteiger partial charge >= 0.3 is 0 Å². The van der Waals surface area contributed by atoms with Crippen LogP contribution in [0.2, 0.25) is 5.02 Å². The van der Waals surface area contributed by atoms with Gasteiger partial charge in [-0.3, -0.25) is 0 Å². The Kier molecular flexibility index (Phi) is 4.78. The first kappa shape index (κ1) is 18.4. The van der Waals surface area contributed by atoms with Crippen LogP contribution in [0.4, 0.5) is 0 Å². The topological polar surface area (TPSA) is 18.5 Å². The van der Waals surface area contributed by atoms with Crippen molar-refractivity contribution in [2.45, 2.75) is 45.3 Å². The molecular weight excluding hydrogens is 344 g/mol. The number of ether oxygens (including phenoxy) is 2. The van der Waals surface area contributed by atoms with E-state index in [0.717, 1.165) is 28.3 Å². The molecule has 0 spiro atoms. The highest BCUT2D eigenvalue weighted by Gasteiger charge is 2.30. The molecule has 3 rings (SSSR count). The Labute approximate surface area is 160 Å². The zero-order valence-corrected chi connectivity index (χ0v) is 16.4. The second kappa shape index (κ2) is 6.74. The van der Waals surface area contributed by atoms with E-state index in [-0.39, 0.29) is 5.60 Å². The molecule has 134 valence electrons. The number of fused-ring (bicyclic) bond motifs is 1. The first-order valence-corrected chi connectivity index (χ1v) is 9.02. The summed E-state index contributed by atoms with van der Waals surface area (Å²) >= 11 is 6.34. The second-order valence-electron chi connectivity index (χ2n) is 7.64. The fraction of sp³-hybridized carbons (Fsp3) is 0.304. The third-order valence-electron chi connectivity index (χ3n) is 4.26. The van der Waals surface area contributed by atoms with Crippen molar-refractivity contribution >= 4 is 23.3 Å². The lowest BCUT2D eigenvalue weighted by atomic mass is 9.88. The van der Waals surface area contributed by atoms with Crippen molar-refractivity contribution in [1.82, 2.24) is 0 Å². The molecule has 0 radical (unpaired) electrons. The Morgan fingerprint density at radius 2 is 1.96 bits per heavy atom. The quantitative estimate of drug-likeness (QED) is 0.599. The summed E-state index contributed by atoms with van der Waals surface area (Å²) in [5.74, 6) is 4.14. The normalized spacial score (nSPS) is 17.2. The molecule has 2 nitrogen and oxygen atoms in total. The van der Waals surface area contributed by atoms with Gasteiger partial charge in [0.05, 0.1) is 0 Å². The third-order valence-corrected chi connectivity index (χ3v) is 4.60. The van der Waals surface area contributed by atoms with E-state index in [1.165, 1.54) is 5.57 Å². The standard InChI is InChI=1S/C23H23ClO2/c1-6-22(2,3)25-18-11-12-19-17(13-16-9-7-8-10-20(16)24)15-23(4,5)26-21(19)14-18/h1,7-14H,15H2,2-5H3/b17-13+. The molecule has 0 aliphatic carbocycles. The van der Waals surface area contributed by atoms with Crippen LogP contribution in [-0.4, -0.2) is 11.2 Å². The van der Waals surface area contributed by atoms with Crippen molar-refractivity contribution in [1.29, 1.82) is 0 Å². The van der Waals surface area contributed by atoms with Gasteiger partial charge in [-0.15, -0.1) is 6.42 Å². The first-order valence-electron chi connectivity index (χ1n) is 8.64. The lowest BCUT2D eigenvalue weighted by Crippen LogP contribution is -2.32. The van der Waals surface area contributed by atoms with Crippen LogP contribution in [-0.2, 0) is 0 Å². The average Bonchev–Trinajstić information content (AvgIpc) is 2.55. The maximum atomic E-state index is 6.34. The molecule has 0 aromatic heterocycles. The van der Waals surface area contributed by atoms with E-state index in [2.05, 4.69) is 25.8 Å². The summed E-state index contributed by atoms with van der Waals surface area (Å²) in [4.78, 5) is 0. The van der Waals surface area contributed by atoms with E-state index in [1.807, 2.05) is 56.3 Å². The number of halogens is 1. The molecular formula is C23H23ClO2. The highest BCUT2D eigenvalue weighted by molar-refractivity contribution is 6.32. The minimum atomic E-state index is -0.672. The van der Waals surface area contributed by atoms with Crippen LogP contribution in [0, 0.1) is 12.3 Å². The van der Waals surface area contributed by atoms with Crippen LogP contribution in [0.5, 0.6) is 11.5 Å². The van der Waals surface area contributed by atoms with E-state index in [4.69, 9.17) is 27.5 Å². The van der Waals surface area contributed by atoms with Gasteiger partial charge < -0.3 is 9.47 Å². The summed E-state index contributed by atoms with van der Waals surface area (Å²) in [7, 11) is 0. The van der Waals surface area contributed by atoms with Gasteiger partial charge in [0.15, 0.2) is 5.60 Å². The van der Waals surface area contributed by atoms with Crippen molar-refractivity contribution in [2.75, 3.05) is 0 Å². The SMILES string of the molecule is C#CC(C)(C)Oc1ccc2c(c1)OC(C)(C)C/C2=C\c1ccccc1Cl. The fourth-order valence-corrected chi connectivity index (χ4v) is 3.23. The number of hydrogen-bond donors (Lipinski definition) is 0. The molecule has 0 saturated carbocycles. The van der Waals surface area contributed by atoms with Crippen molar-refractivity contribution in [3.63, 3.8) is 0 Å². The van der Waals surface area contributed by atoms with Crippen LogP contribution in [0.25, 0.3) is 11.6 Å². The largest absolute Gasteiger partial charge is 0.487 e. The molecule has 2 aromatic carbocycles. The molecule has 0 amide bonds. The first-order chi connectivity index (χ1) is 12.2. The van der Waals surface area contributed by atoms with Gasteiger partial charge in [0.1, 0.15) is 17.1 Å². The Morgan fingerprint density at radius 1 is 1.23 bits per heavy atom. The summed E-state index contributed by atoms with van der Waals surface area (Å²) < 4.78 is 12.1. The molecule has 3 heteroatoms. The minimum Gasteiger partial charge on any atom is -0.487 e. The van der Waals surface area contributed by atoms with E-state index in [1.54, 1.807) is 0 Å². The van der Waals surface area contributed by atoms with Gasteiger partial charge in [0.2, 0.25) is 0 Å². The van der Waals surface area contributed by atoms with Crippen LogP contribution >= 0.6 is 11.6 Å². The summed E-state index contributed by atoms with van der Waals surface area (Å²) in [6, 6.07) is 13.7. The van der Waals surface area contributed by atoms with Gasteiger partial charge in [0.25, 0.3) is 0 Å². The molecule has 0 N–H and O–H groups in total. The molecule has 0 saturated heterocycles. The number of rotatable bonds is 3. The van der Waals surface area contributed by atoms with Crippen LogP contribution in [0.15, 0.2) is 42.5 Å². The lowest BCUT2D eigenvalue weighted by molar-refractivity contribution is 0.106. The number of hydrogen-bond acceptors (Lipinski definition) is 2. The van der Waals surface area contributed by atoms with E-state index < -0.39 is 5.60 Å². The van der Waals surface area contributed by atoms with Crippen molar-refractivity contribution in [2.24, 2.45) is 0 Å². The summed E-state index contributed by atoms with van der Waals surface area (Å²) in [6.07, 6.45) is 8.46. The molecule has 1 aliphatic rings. The lowest BCUT2D eigenvalue weighted by Gasteiger charge is -2.35. The average molecular weight is 367 g/mol. The summed E-state index contributed by atoms with van der Waals surface area (Å²) in [5, 5.41) is 0.738. The van der Waals surface area contributed by atoms with Gasteiger partial charge in [-0.1, -0.05) is 35.7 Å². The van der Waals surface area contributed by atoms with Crippen LogP contribution < -0.4 is 9.47 Å². The summed E-state index contributed by atoms with van der Waals surface area (Å²) in [6.45, 7) is 7.88. The summed E-state index contributed by atoms with van der Waals surface area (Å²) in [5.41, 5.74) is 2.25. The van der Waals surface area contributed by atoms with Gasteiger partial charge in [-0.2, -0.15) is 0 Å². The van der Waals surface area contributed by atoms with Crippen LogP contribution in [0.1, 0.15) is 45.2 Å². The van der Waals surface area contributed by atoms with Crippen molar-refractivity contribution < 1.29 is 9.47 Å². The molecule has 1 heterocycles. The Hall–Kier alpha value is -2.37. The molecule has 0 unspecified atom stereocenters. The predicted molar refractivity (Wildman–Crippen MR) is 109 cm³/mol.